The van der Waals surface area contributed by atoms with Gasteiger partial charge in [0, 0.05) is 17.0 Å². The molecule has 1 atom stereocenters. The van der Waals surface area contributed by atoms with Crippen molar-refractivity contribution in [2.45, 2.75) is 52.4 Å². The Morgan fingerprint density at radius 1 is 1.38 bits per heavy atom. The Bertz CT molecular complexity index is 734. The minimum Gasteiger partial charge on any atom is -0.478 e. The second-order valence-corrected chi connectivity index (χ2v) is 6.06. The summed E-state index contributed by atoms with van der Waals surface area (Å²) in [5.74, 6) is -0.421. The summed E-state index contributed by atoms with van der Waals surface area (Å²) in [6.07, 6.45) is 4.04. The molecular weight excluding hydrogens is 262 g/mol. The molecule has 0 radical (unpaired) electrons. The molecular formula is C18H21NO2. The predicted molar refractivity (Wildman–Crippen MR) is 84.1 cm³/mol. The topological polar surface area (TPSA) is 50.2 Å². The lowest BCUT2D eigenvalue weighted by Crippen LogP contribution is -2.17. The van der Waals surface area contributed by atoms with Gasteiger partial charge in [0.25, 0.3) is 0 Å². The van der Waals surface area contributed by atoms with Crippen molar-refractivity contribution in [3.05, 3.63) is 40.1 Å². The molecule has 1 aliphatic carbocycles. The highest BCUT2D eigenvalue weighted by atomic mass is 16.4. The normalized spacial score (nSPS) is 17.8. The number of hydrogen-bond acceptors (Lipinski definition) is 2. The minimum absolute atomic E-state index is 0.399. The summed E-state index contributed by atoms with van der Waals surface area (Å²) in [5.41, 5.74) is 5.61. The van der Waals surface area contributed by atoms with Crippen LogP contribution in [0.4, 0.5) is 0 Å². The first-order valence-corrected chi connectivity index (χ1v) is 7.70. The third-order valence-corrected chi connectivity index (χ3v) is 4.89. The lowest BCUT2D eigenvalue weighted by atomic mass is 9.81. The van der Waals surface area contributed by atoms with Crippen molar-refractivity contribution in [3.63, 3.8) is 0 Å². The number of aromatic nitrogens is 1. The molecule has 1 unspecified atom stereocenters. The summed E-state index contributed by atoms with van der Waals surface area (Å²) in [6, 6.07) is 3.92. The molecule has 1 aromatic heterocycles. The van der Waals surface area contributed by atoms with E-state index in [9.17, 15) is 9.90 Å². The number of carbonyl (C=O) groups is 1. The molecule has 1 N–H and O–H groups in total. The van der Waals surface area contributed by atoms with Gasteiger partial charge in [0.05, 0.1) is 11.1 Å². The standard InChI is InChI=1S/C18H21NO2/c1-4-12-6-5-7-13-15(18(20)21)14-9-8-10(2)11(3)16(14)19-17(12)13/h8-9,12H,4-7H2,1-3H3,(H,20,21). The number of pyridine rings is 1. The zero-order chi connectivity index (χ0) is 15.1. The van der Waals surface area contributed by atoms with Gasteiger partial charge in [-0.25, -0.2) is 4.79 Å². The zero-order valence-electron chi connectivity index (χ0n) is 12.9. The number of carboxylic acid groups (broad SMARTS) is 1. The SMILES string of the molecule is CCC1CCCc2c1nc1c(C)c(C)ccc1c2C(=O)O. The third-order valence-electron chi connectivity index (χ3n) is 4.89. The summed E-state index contributed by atoms with van der Waals surface area (Å²) in [6.45, 7) is 6.25. The molecule has 0 bridgehead atoms. The van der Waals surface area contributed by atoms with Gasteiger partial charge >= 0.3 is 5.97 Å². The van der Waals surface area contributed by atoms with Crippen molar-refractivity contribution in [2.75, 3.05) is 0 Å². The van der Waals surface area contributed by atoms with Crippen LogP contribution in [0.25, 0.3) is 10.9 Å². The van der Waals surface area contributed by atoms with Crippen LogP contribution in [0.15, 0.2) is 12.1 Å². The largest absolute Gasteiger partial charge is 0.478 e. The van der Waals surface area contributed by atoms with E-state index in [0.717, 1.165) is 59.0 Å². The molecule has 0 aliphatic heterocycles. The third kappa shape index (κ3) is 2.11. The van der Waals surface area contributed by atoms with E-state index in [1.165, 1.54) is 0 Å². The van der Waals surface area contributed by atoms with Crippen LogP contribution in [0.3, 0.4) is 0 Å². The summed E-state index contributed by atoms with van der Waals surface area (Å²) in [4.78, 5) is 16.8. The number of aryl methyl sites for hydroxylation is 2. The van der Waals surface area contributed by atoms with Crippen molar-refractivity contribution in [3.8, 4) is 0 Å². The van der Waals surface area contributed by atoms with E-state index < -0.39 is 5.97 Å². The molecule has 0 saturated carbocycles. The minimum atomic E-state index is -0.821. The molecule has 2 aromatic rings. The number of nitrogens with zero attached hydrogens (tertiary/aromatic N) is 1. The van der Waals surface area contributed by atoms with Gasteiger partial charge in [0.1, 0.15) is 0 Å². The lowest BCUT2D eigenvalue weighted by molar-refractivity contribution is 0.0697. The van der Waals surface area contributed by atoms with Crippen LogP contribution in [0, 0.1) is 13.8 Å². The van der Waals surface area contributed by atoms with Crippen LogP contribution in [0.2, 0.25) is 0 Å². The maximum atomic E-state index is 11.9. The Balaban J connectivity index is 2.43. The fourth-order valence-corrected chi connectivity index (χ4v) is 3.52. The molecule has 0 saturated heterocycles. The maximum Gasteiger partial charge on any atom is 0.336 e. The molecule has 1 aromatic carbocycles. The second-order valence-electron chi connectivity index (χ2n) is 6.06. The summed E-state index contributed by atoms with van der Waals surface area (Å²) < 4.78 is 0. The Morgan fingerprint density at radius 2 is 2.14 bits per heavy atom. The summed E-state index contributed by atoms with van der Waals surface area (Å²) in [5, 5.41) is 10.5. The van der Waals surface area contributed by atoms with Crippen LogP contribution in [-0.2, 0) is 6.42 Å². The van der Waals surface area contributed by atoms with Gasteiger partial charge in [-0.05, 0) is 56.2 Å². The molecule has 21 heavy (non-hydrogen) atoms. The average molecular weight is 283 g/mol. The van der Waals surface area contributed by atoms with E-state index in [2.05, 4.69) is 6.92 Å². The Kier molecular flexibility index (Phi) is 3.44. The quantitative estimate of drug-likeness (QED) is 0.889. The van der Waals surface area contributed by atoms with E-state index in [0.29, 0.717) is 11.5 Å². The number of aromatic carboxylic acids is 1. The Morgan fingerprint density at radius 3 is 2.81 bits per heavy atom. The van der Waals surface area contributed by atoms with Gasteiger partial charge in [0.15, 0.2) is 0 Å². The van der Waals surface area contributed by atoms with E-state index in [-0.39, 0.29) is 0 Å². The van der Waals surface area contributed by atoms with Crippen molar-refractivity contribution < 1.29 is 9.90 Å². The van der Waals surface area contributed by atoms with Gasteiger partial charge in [-0.2, -0.15) is 0 Å². The summed E-state index contributed by atoms with van der Waals surface area (Å²) >= 11 is 0. The first kappa shape index (κ1) is 14.1. The smallest absolute Gasteiger partial charge is 0.336 e. The van der Waals surface area contributed by atoms with E-state index >= 15 is 0 Å². The fourth-order valence-electron chi connectivity index (χ4n) is 3.52. The van der Waals surface area contributed by atoms with Gasteiger partial charge in [-0.3, -0.25) is 4.98 Å². The van der Waals surface area contributed by atoms with Crippen LogP contribution < -0.4 is 0 Å². The van der Waals surface area contributed by atoms with Crippen molar-refractivity contribution >= 4 is 16.9 Å². The van der Waals surface area contributed by atoms with Crippen LogP contribution >= 0.6 is 0 Å². The monoisotopic (exact) mass is 283 g/mol. The molecule has 3 nitrogen and oxygen atoms in total. The van der Waals surface area contributed by atoms with Gasteiger partial charge in [-0.1, -0.05) is 19.1 Å². The average Bonchev–Trinajstić information content (AvgIpc) is 2.48. The molecule has 3 heteroatoms. The van der Waals surface area contributed by atoms with E-state index in [4.69, 9.17) is 4.98 Å². The Hall–Kier alpha value is -1.90. The van der Waals surface area contributed by atoms with Gasteiger partial charge in [0.2, 0.25) is 0 Å². The zero-order valence-corrected chi connectivity index (χ0v) is 12.9. The van der Waals surface area contributed by atoms with Gasteiger partial charge < -0.3 is 5.11 Å². The molecule has 0 fully saturated rings. The molecule has 0 spiro atoms. The fraction of sp³-hybridized carbons (Fsp3) is 0.444. The summed E-state index contributed by atoms with van der Waals surface area (Å²) in [7, 11) is 0. The number of fused-ring (bicyclic) bond motifs is 2. The first-order valence-electron chi connectivity index (χ1n) is 7.70. The Labute approximate surface area is 125 Å². The number of rotatable bonds is 2. The number of benzene rings is 1. The van der Waals surface area contributed by atoms with Gasteiger partial charge in [-0.15, -0.1) is 0 Å². The predicted octanol–water partition coefficient (Wildman–Crippen LogP) is 4.38. The van der Waals surface area contributed by atoms with Crippen molar-refractivity contribution in [2.24, 2.45) is 0 Å². The first-order chi connectivity index (χ1) is 10.0. The highest BCUT2D eigenvalue weighted by Crippen LogP contribution is 2.38. The van der Waals surface area contributed by atoms with Crippen LogP contribution in [0.1, 0.15) is 64.8 Å². The van der Waals surface area contributed by atoms with Crippen molar-refractivity contribution in [1.29, 1.82) is 0 Å². The number of hydrogen-bond donors (Lipinski definition) is 1. The number of carboxylic acids is 1. The molecule has 110 valence electrons. The van der Waals surface area contributed by atoms with E-state index in [1.54, 1.807) is 0 Å². The molecule has 1 aliphatic rings. The highest BCUT2D eigenvalue weighted by Gasteiger charge is 2.27. The maximum absolute atomic E-state index is 11.9. The van der Waals surface area contributed by atoms with Crippen molar-refractivity contribution in [1.82, 2.24) is 4.98 Å². The molecule has 0 amide bonds. The molecule has 3 rings (SSSR count). The van der Waals surface area contributed by atoms with E-state index in [1.807, 2.05) is 26.0 Å². The lowest BCUT2D eigenvalue weighted by Gasteiger charge is -2.26. The highest BCUT2D eigenvalue weighted by molar-refractivity contribution is 6.05. The van der Waals surface area contributed by atoms with Crippen LogP contribution in [0.5, 0.6) is 0 Å². The molecule has 1 heterocycles. The second kappa shape index (κ2) is 5.14. The van der Waals surface area contributed by atoms with Crippen LogP contribution in [-0.4, -0.2) is 16.1 Å².